The summed E-state index contributed by atoms with van der Waals surface area (Å²) in [6.45, 7) is -0.0904. The van der Waals surface area contributed by atoms with Crippen molar-refractivity contribution in [2.75, 3.05) is 6.54 Å². The molecule has 126 valence electrons. The predicted octanol–water partition coefficient (Wildman–Crippen LogP) is 2.78. The van der Waals surface area contributed by atoms with E-state index in [1.54, 1.807) is 18.3 Å². The largest absolute Gasteiger partial charge is 0.342 e. The minimum absolute atomic E-state index is 0.0904. The second-order valence-electron chi connectivity index (χ2n) is 5.33. The SMILES string of the molecule is O=C(CNC(=O)c1cccs1)NC(c1ccccc1)c1ccccn1. The molecule has 5 nitrogen and oxygen atoms in total. The lowest BCUT2D eigenvalue weighted by molar-refractivity contribution is -0.120. The van der Waals surface area contributed by atoms with E-state index in [1.165, 1.54) is 11.3 Å². The van der Waals surface area contributed by atoms with Gasteiger partial charge in [0.05, 0.1) is 23.2 Å². The van der Waals surface area contributed by atoms with Crippen LogP contribution < -0.4 is 10.6 Å². The molecule has 25 heavy (non-hydrogen) atoms. The summed E-state index contributed by atoms with van der Waals surface area (Å²) in [7, 11) is 0. The van der Waals surface area contributed by atoms with Crippen LogP contribution in [0.2, 0.25) is 0 Å². The molecule has 0 aliphatic rings. The maximum Gasteiger partial charge on any atom is 0.261 e. The molecule has 1 unspecified atom stereocenters. The van der Waals surface area contributed by atoms with Crippen molar-refractivity contribution in [2.45, 2.75) is 6.04 Å². The molecule has 2 aromatic heterocycles. The van der Waals surface area contributed by atoms with Crippen LogP contribution in [0.5, 0.6) is 0 Å². The Morgan fingerprint density at radius 1 is 1.00 bits per heavy atom. The summed E-state index contributed by atoms with van der Waals surface area (Å²) in [5, 5.41) is 7.39. The second-order valence-corrected chi connectivity index (χ2v) is 6.27. The Morgan fingerprint density at radius 2 is 1.80 bits per heavy atom. The lowest BCUT2D eigenvalue weighted by Crippen LogP contribution is -2.39. The molecular formula is C19H17N3O2S. The zero-order valence-corrected chi connectivity index (χ0v) is 14.2. The van der Waals surface area contributed by atoms with Gasteiger partial charge < -0.3 is 10.6 Å². The number of benzene rings is 1. The minimum Gasteiger partial charge on any atom is -0.342 e. The molecule has 3 rings (SSSR count). The maximum absolute atomic E-state index is 12.3. The lowest BCUT2D eigenvalue weighted by Gasteiger charge is -2.19. The third kappa shape index (κ3) is 4.51. The van der Waals surface area contributed by atoms with E-state index >= 15 is 0 Å². The van der Waals surface area contributed by atoms with E-state index in [2.05, 4.69) is 15.6 Å². The fourth-order valence-electron chi connectivity index (χ4n) is 2.39. The van der Waals surface area contributed by atoms with Crippen LogP contribution >= 0.6 is 11.3 Å². The number of aromatic nitrogens is 1. The van der Waals surface area contributed by atoms with E-state index in [-0.39, 0.29) is 24.4 Å². The number of thiophene rings is 1. The third-order valence-electron chi connectivity index (χ3n) is 3.58. The highest BCUT2D eigenvalue weighted by molar-refractivity contribution is 7.12. The van der Waals surface area contributed by atoms with Gasteiger partial charge in [-0.15, -0.1) is 11.3 Å². The van der Waals surface area contributed by atoms with Crippen molar-refractivity contribution >= 4 is 23.2 Å². The summed E-state index contributed by atoms with van der Waals surface area (Å²) in [5.41, 5.74) is 1.67. The van der Waals surface area contributed by atoms with Gasteiger partial charge in [0.15, 0.2) is 0 Å². The number of hydrogen-bond acceptors (Lipinski definition) is 4. The summed E-state index contributed by atoms with van der Waals surface area (Å²) in [4.78, 5) is 29.2. The van der Waals surface area contributed by atoms with Crippen molar-refractivity contribution in [1.82, 2.24) is 15.6 Å². The average molecular weight is 351 g/mol. The molecule has 3 aromatic rings. The van der Waals surface area contributed by atoms with Crippen LogP contribution in [0.4, 0.5) is 0 Å². The van der Waals surface area contributed by atoms with Crippen LogP contribution in [-0.4, -0.2) is 23.3 Å². The summed E-state index contributed by atoms with van der Waals surface area (Å²) < 4.78 is 0. The van der Waals surface area contributed by atoms with E-state index in [0.717, 1.165) is 11.3 Å². The normalized spacial score (nSPS) is 11.5. The highest BCUT2D eigenvalue weighted by Gasteiger charge is 2.18. The number of carbonyl (C=O) groups is 2. The molecule has 1 aromatic carbocycles. The Balaban J connectivity index is 1.68. The van der Waals surface area contributed by atoms with Gasteiger partial charge >= 0.3 is 0 Å². The fourth-order valence-corrected chi connectivity index (χ4v) is 3.03. The quantitative estimate of drug-likeness (QED) is 0.717. The first-order valence-electron chi connectivity index (χ1n) is 7.81. The number of amides is 2. The van der Waals surface area contributed by atoms with Crippen LogP contribution in [0.25, 0.3) is 0 Å². The molecule has 0 aliphatic carbocycles. The standard InChI is InChI=1S/C19H17N3O2S/c23-17(13-21-19(24)16-10-6-12-25-16)22-18(14-7-2-1-3-8-14)15-9-4-5-11-20-15/h1-12,18H,13H2,(H,21,24)(H,22,23). The average Bonchev–Trinajstić information content (AvgIpc) is 3.20. The van der Waals surface area contributed by atoms with Crippen molar-refractivity contribution in [2.24, 2.45) is 0 Å². The molecule has 0 fully saturated rings. The summed E-state index contributed by atoms with van der Waals surface area (Å²) >= 11 is 1.34. The molecule has 0 spiro atoms. The van der Waals surface area contributed by atoms with E-state index < -0.39 is 0 Å². The first kappa shape index (κ1) is 16.9. The maximum atomic E-state index is 12.3. The summed E-state index contributed by atoms with van der Waals surface area (Å²) in [6.07, 6.45) is 1.69. The third-order valence-corrected chi connectivity index (χ3v) is 4.44. The van der Waals surface area contributed by atoms with Gasteiger partial charge in [0.1, 0.15) is 0 Å². The minimum atomic E-state index is -0.367. The molecule has 0 bridgehead atoms. The Labute approximate surface area is 149 Å². The Kier molecular flexibility index (Phi) is 5.53. The molecule has 2 heterocycles. The van der Waals surface area contributed by atoms with Crippen LogP contribution in [0.3, 0.4) is 0 Å². The second kappa shape index (κ2) is 8.21. The van der Waals surface area contributed by atoms with E-state index in [9.17, 15) is 9.59 Å². The highest BCUT2D eigenvalue weighted by Crippen LogP contribution is 2.19. The van der Waals surface area contributed by atoms with Gasteiger partial charge in [-0.2, -0.15) is 0 Å². The number of nitrogens with zero attached hydrogens (tertiary/aromatic N) is 1. The van der Waals surface area contributed by atoms with Gasteiger partial charge in [-0.3, -0.25) is 14.6 Å². The van der Waals surface area contributed by atoms with Gasteiger partial charge in [-0.05, 0) is 29.1 Å². The van der Waals surface area contributed by atoms with Crippen molar-refractivity contribution in [3.63, 3.8) is 0 Å². The molecule has 6 heteroatoms. The van der Waals surface area contributed by atoms with E-state index in [1.807, 2.05) is 53.9 Å². The first-order valence-corrected chi connectivity index (χ1v) is 8.69. The molecule has 2 amide bonds. The molecule has 2 N–H and O–H groups in total. The van der Waals surface area contributed by atoms with Crippen molar-refractivity contribution in [3.8, 4) is 0 Å². The summed E-state index contributed by atoms with van der Waals surface area (Å²) in [6, 6.07) is 18.3. The number of nitrogens with one attached hydrogen (secondary N) is 2. The van der Waals surface area contributed by atoms with Crippen LogP contribution in [0.1, 0.15) is 27.0 Å². The zero-order chi connectivity index (χ0) is 17.5. The molecule has 1 atom stereocenters. The van der Waals surface area contributed by atoms with Gasteiger partial charge in [0.25, 0.3) is 5.91 Å². The zero-order valence-electron chi connectivity index (χ0n) is 13.4. The van der Waals surface area contributed by atoms with Gasteiger partial charge in [-0.1, -0.05) is 42.5 Å². The predicted molar refractivity (Wildman–Crippen MR) is 97.3 cm³/mol. The monoisotopic (exact) mass is 351 g/mol. The van der Waals surface area contributed by atoms with E-state index in [0.29, 0.717) is 4.88 Å². The smallest absolute Gasteiger partial charge is 0.261 e. The van der Waals surface area contributed by atoms with Crippen LogP contribution in [-0.2, 0) is 4.79 Å². The number of carbonyl (C=O) groups excluding carboxylic acids is 2. The molecule has 0 saturated heterocycles. The van der Waals surface area contributed by atoms with Crippen LogP contribution in [0, 0.1) is 0 Å². The lowest BCUT2D eigenvalue weighted by atomic mass is 10.0. The number of pyridine rings is 1. The Hall–Kier alpha value is -2.99. The van der Waals surface area contributed by atoms with Gasteiger partial charge in [0, 0.05) is 6.20 Å². The molecule has 0 aliphatic heterocycles. The van der Waals surface area contributed by atoms with E-state index in [4.69, 9.17) is 0 Å². The molecular weight excluding hydrogens is 334 g/mol. The fraction of sp³-hybridized carbons (Fsp3) is 0.105. The molecule has 0 saturated carbocycles. The van der Waals surface area contributed by atoms with Gasteiger partial charge in [0.2, 0.25) is 5.91 Å². The number of rotatable bonds is 6. The highest BCUT2D eigenvalue weighted by atomic mass is 32.1. The van der Waals surface area contributed by atoms with Crippen LogP contribution in [0.15, 0.2) is 72.2 Å². The topological polar surface area (TPSA) is 71.1 Å². The Bertz CT molecular complexity index is 781. The van der Waals surface area contributed by atoms with Crippen molar-refractivity contribution in [1.29, 1.82) is 0 Å². The summed E-state index contributed by atoms with van der Waals surface area (Å²) in [5.74, 6) is -0.524. The number of hydrogen-bond donors (Lipinski definition) is 2. The van der Waals surface area contributed by atoms with Crippen molar-refractivity contribution in [3.05, 3.63) is 88.4 Å². The molecule has 0 radical (unpaired) electrons. The van der Waals surface area contributed by atoms with Crippen molar-refractivity contribution < 1.29 is 9.59 Å². The Morgan fingerprint density at radius 3 is 2.48 bits per heavy atom. The van der Waals surface area contributed by atoms with Gasteiger partial charge in [-0.25, -0.2) is 0 Å². The first-order chi connectivity index (χ1) is 12.2.